The first-order chi connectivity index (χ1) is 30.3. The molecule has 0 saturated heterocycles. The molecule has 6 rings (SSSR count). The van der Waals surface area contributed by atoms with Gasteiger partial charge in [-0.15, -0.1) is 0 Å². The van der Waals surface area contributed by atoms with Gasteiger partial charge in [0.15, 0.2) is 0 Å². The summed E-state index contributed by atoms with van der Waals surface area (Å²) in [6.45, 7) is -1.67. The molecule has 0 aliphatic heterocycles. The fourth-order valence-electron chi connectivity index (χ4n) is 6.03. The smallest absolute Gasteiger partial charge is 0.294 e. The van der Waals surface area contributed by atoms with E-state index in [1.165, 1.54) is 51.1 Å². The van der Waals surface area contributed by atoms with Crippen molar-refractivity contribution in [1.29, 1.82) is 0 Å². The summed E-state index contributed by atoms with van der Waals surface area (Å²) in [5.41, 5.74) is 1.93. The van der Waals surface area contributed by atoms with Crippen molar-refractivity contribution in [2.45, 2.75) is 9.79 Å². The third-order valence-electron chi connectivity index (χ3n) is 8.86. The van der Waals surface area contributed by atoms with Crippen LogP contribution < -0.4 is 25.3 Å². The topological polar surface area (TPSA) is 301 Å². The van der Waals surface area contributed by atoms with Crippen LogP contribution in [-0.4, -0.2) is 129 Å². The third kappa shape index (κ3) is 12.2. The number of benzene rings is 4. The second-order valence-corrected chi connectivity index (χ2v) is 16.1. The number of anilines is 8. The van der Waals surface area contributed by atoms with Gasteiger partial charge in [-0.3, -0.25) is 9.11 Å². The van der Waals surface area contributed by atoms with Crippen LogP contribution in [0.2, 0.25) is 0 Å². The predicted molar refractivity (Wildman–Crippen MR) is 234 cm³/mol. The van der Waals surface area contributed by atoms with E-state index in [4.69, 9.17) is 19.9 Å². The molecule has 0 atom stereocenters. The molecule has 4 aromatic carbocycles. The van der Waals surface area contributed by atoms with E-state index in [-0.39, 0.29) is 99.7 Å². The molecule has 0 aliphatic rings. The van der Waals surface area contributed by atoms with Gasteiger partial charge in [-0.05, 0) is 53.6 Å². The highest BCUT2D eigenvalue weighted by atomic mass is 32.2. The van der Waals surface area contributed by atoms with E-state index in [1.807, 2.05) is 36.4 Å². The molecule has 0 spiro atoms. The Balaban J connectivity index is 1.68. The zero-order chi connectivity index (χ0) is 45.0. The standard InChI is InChI=1S/C40H43N11O10S2/c52-21-17-49(18-22-53)37-43-35(41-30-13-7-15-32(26-30)62(56,57)58)45-39(47-37)51(34(29-11-5-2-6-12-29)25-28-9-3-1-4-10-28)40-46-36(44-38(48-40)50(19-23-54)20-24-55)42-31-14-8-16-33(27-31)63(59,60)61/h1-16,25-27,52-55H,17-24H2,(H,56,57,58)(H,59,60,61)(H,41,43,45,47)(H,42,44,46,48). The lowest BCUT2D eigenvalue weighted by Gasteiger charge is -2.28. The lowest BCUT2D eigenvalue weighted by atomic mass is 10.1. The number of hydrogen-bond acceptors (Lipinski definition) is 19. The van der Waals surface area contributed by atoms with Gasteiger partial charge < -0.3 is 40.9 Å². The molecule has 0 saturated carbocycles. The summed E-state index contributed by atoms with van der Waals surface area (Å²) in [6.07, 6.45) is 1.80. The van der Waals surface area contributed by atoms with Crippen molar-refractivity contribution >= 4 is 79.1 Å². The van der Waals surface area contributed by atoms with Crippen molar-refractivity contribution < 1.29 is 46.4 Å². The maximum absolute atomic E-state index is 12.1. The lowest BCUT2D eigenvalue weighted by Crippen LogP contribution is -2.33. The highest BCUT2D eigenvalue weighted by molar-refractivity contribution is 7.86. The fraction of sp³-hybridized carbons (Fsp3) is 0.200. The summed E-state index contributed by atoms with van der Waals surface area (Å²) in [5, 5.41) is 46.1. The van der Waals surface area contributed by atoms with Gasteiger partial charge in [0.2, 0.25) is 35.7 Å². The largest absolute Gasteiger partial charge is 0.395 e. The zero-order valence-corrected chi connectivity index (χ0v) is 34.9. The Morgan fingerprint density at radius 3 is 1.30 bits per heavy atom. The van der Waals surface area contributed by atoms with Gasteiger partial charge in [0.1, 0.15) is 0 Å². The molecule has 0 aliphatic carbocycles. The predicted octanol–water partition coefficient (Wildman–Crippen LogP) is 2.96. The van der Waals surface area contributed by atoms with E-state index < -0.39 is 30.0 Å². The highest BCUT2D eigenvalue weighted by Crippen LogP contribution is 2.35. The Morgan fingerprint density at radius 2 is 0.905 bits per heavy atom. The number of nitrogens with zero attached hydrogens (tertiary/aromatic N) is 9. The molecule has 21 nitrogen and oxygen atoms in total. The molecule has 8 N–H and O–H groups in total. The van der Waals surface area contributed by atoms with E-state index in [0.717, 1.165) is 12.1 Å². The third-order valence-corrected chi connectivity index (χ3v) is 10.6. The molecule has 0 amide bonds. The van der Waals surface area contributed by atoms with Crippen molar-refractivity contribution in [3.8, 4) is 0 Å². The van der Waals surface area contributed by atoms with Gasteiger partial charge in [-0.25, -0.2) is 4.90 Å². The van der Waals surface area contributed by atoms with E-state index >= 15 is 0 Å². The van der Waals surface area contributed by atoms with Gasteiger partial charge in [-0.1, -0.05) is 72.8 Å². The van der Waals surface area contributed by atoms with Crippen molar-refractivity contribution in [1.82, 2.24) is 29.9 Å². The summed E-state index contributed by atoms with van der Waals surface area (Å²) >= 11 is 0. The van der Waals surface area contributed by atoms with Crippen molar-refractivity contribution in [3.63, 3.8) is 0 Å². The number of nitrogens with one attached hydrogen (secondary N) is 2. The van der Waals surface area contributed by atoms with Gasteiger partial charge in [-0.2, -0.15) is 46.7 Å². The minimum Gasteiger partial charge on any atom is -0.395 e. The summed E-state index contributed by atoms with van der Waals surface area (Å²) < 4.78 is 67.9. The summed E-state index contributed by atoms with van der Waals surface area (Å²) in [5.74, 6) is -0.814. The van der Waals surface area contributed by atoms with Gasteiger partial charge in [0.05, 0.1) is 41.9 Å². The van der Waals surface area contributed by atoms with Crippen LogP contribution in [0, 0.1) is 0 Å². The van der Waals surface area contributed by atoms with Crippen molar-refractivity contribution in [2.75, 3.05) is 77.9 Å². The zero-order valence-electron chi connectivity index (χ0n) is 33.3. The molecule has 23 heteroatoms. The molecular weight excluding hydrogens is 859 g/mol. The molecule has 2 aromatic heterocycles. The summed E-state index contributed by atoms with van der Waals surface area (Å²) in [6, 6.07) is 28.7. The highest BCUT2D eigenvalue weighted by Gasteiger charge is 2.28. The number of hydrogen-bond donors (Lipinski definition) is 8. The van der Waals surface area contributed by atoms with Gasteiger partial charge in [0.25, 0.3) is 20.2 Å². The molecule has 6 aromatic rings. The molecule has 0 unspecified atom stereocenters. The molecule has 330 valence electrons. The average molecular weight is 902 g/mol. The number of aliphatic hydroxyl groups is 4. The molecular formula is C40H43N11O10S2. The average Bonchev–Trinajstić information content (AvgIpc) is 3.26. The Kier molecular flexibility index (Phi) is 15.2. The second kappa shape index (κ2) is 20.9. The SMILES string of the molecule is O=S(=O)(O)c1cccc(Nc2nc(N(CCO)CCO)nc(N(C(=Cc3ccccc3)c3ccccc3)c3nc(Nc4cccc(S(=O)(=O)O)c4)nc(N(CCO)CCO)n3)n2)c1. The minimum atomic E-state index is -4.62. The van der Waals surface area contributed by atoms with Gasteiger partial charge >= 0.3 is 0 Å². The Hall–Kier alpha value is -6.70. The van der Waals surface area contributed by atoms with Crippen LogP contribution in [0.4, 0.5) is 47.1 Å². The first-order valence-corrected chi connectivity index (χ1v) is 21.9. The Morgan fingerprint density at radius 1 is 0.508 bits per heavy atom. The maximum Gasteiger partial charge on any atom is 0.294 e. The van der Waals surface area contributed by atoms with Crippen LogP contribution in [0.1, 0.15) is 11.1 Å². The van der Waals surface area contributed by atoms with E-state index in [2.05, 4.69) is 20.6 Å². The number of aliphatic hydroxyl groups excluding tert-OH is 4. The van der Waals surface area contributed by atoms with E-state index in [9.17, 15) is 46.4 Å². The fourth-order valence-corrected chi connectivity index (χ4v) is 7.09. The molecule has 0 fully saturated rings. The number of aromatic nitrogens is 6. The molecule has 2 heterocycles. The quantitative estimate of drug-likeness (QED) is 0.0380. The normalized spacial score (nSPS) is 11.9. The van der Waals surface area contributed by atoms with E-state index in [1.54, 1.807) is 30.3 Å². The summed E-state index contributed by atoms with van der Waals surface area (Å²) in [7, 11) is -9.24. The van der Waals surface area contributed by atoms with Crippen LogP contribution >= 0.6 is 0 Å². The lowest BCUT2D eigenvalue weighted by molar-refractivity contribution is 0.279. The number of rotatable bonds is 21. The van der Waals surface area contributed by atoms with Crippen LogP contribution in [0.25, 0.3) is 11.8 Å². The van der Waals surface area contributed by atoms with Crippen LogP contribution in [0.15, 0.2) is 119 Å². The second-order valence-electron chi connectivity index (χ2n) is 13.3. The van der Waals surface area contributed by atoms with Crippen LogP contribution in [0.3, 0.4) is 0 Å². The molecule has 63 heavy (non-hydrogen) atoms. The molecule has 0 bridgehead atoms. The van der Waals surface area contributed by atoms with E-state index in [0.29, 0.717) is 16.8 Å². The monoisotopic (exact) mass is 901 g/mol. The first kappa shape index (κ1) is 45.8. The first-order valence-electron chi connectivity index (χ1n) is 19.1. The minimum absolute atomic E-state index is 0.0447. The summed E-state index contributed by atoms with van der Waals surface area (Å²) in [4.78, 5) is 31.8. The molecule has 0 radical (unpaired) electrons. The maximum atomic E-state index is 12.1. The Labute approximate surface area is 362 Å². The van der Waals surface area contributed by atoms with Crippen molar-refractivity contribution in [2.24, 2.45) is 0 Å². The van der Waals surface area contributed by atoms with Crippen molar-refractivity contribution in [3.05, 3.63) is 120 Å². The van der Waals surface area contributed by atoms with Crippen LogP contribution in [-0.2, 0) is 20.2 Å². The van der Waals surface area contributed by atoms with Gasteiger partial charge in [0, 0.05) is 37.6 Å². The van der Waals surface area contributed by atoms with Crippen LogP contribution in [0.5, 0.6) is 0 Å². The Bertz CT molecular complexity index is 2590.